The Kier molecular flexibility index (Phi) is 4.25. The van der Waals surface area contributed by atoms with E-state index in [1.807, 2.05) is 12.1 Å². The molecule has 5 heteroatoms. The molecule has 6 rings (SSSR count). The molecule has 1 aromatic rings. The molecule has 25 heavy (non-hydrogen) atoms. The molecule has 0 amide bonds. The Morgan fingerprint density at radius 3 is 2.32 bits per heavy atom. The Bertz CT molecular complexity index is 580. The van der Waals surface area contributed by atoms with Crippen LogP contribution in [-0.4, -0.2) is 47.1 Å². The number of hydrogen-bond acceptors (Lipinski definition) is 3. The maximum absolute atomic E-state index is 5.60. The van der Waals surface area contributed by atoms with Crippen molar-refractivity contribution in [3.8, 4) is 0 Å². The molecule has 5 fully saturated rings. The normalized spacial score (nSPS) is 37.4. The Morgan fingerprint density at radius 1 is 1.04 bits per heavy atom. The van der Waals surface area contributed by atoms with Crippen molar-refractivity contribution in [2.24, 2.45) is 23.7 Å². The van der Waals surface area contributed by atoms with E-state index >= 15 is 0 Å². The molecule has 0 radical (unpaired) electrons. The van der Waals surface area contributed by atoms with Crippen LogP contribution in [0.1, 0.15) is 37.9 Å². The monoisotopic (exact) mass is 359 g/mol. The van der Waals surface area contributed by atoms with Gasteiger partial charge in [0, 0.05) is 32.2 Å². The first kappa shape index (κ1) is 16.1. The van der Waals surface area contributed by atoms with Gasteiger partial charge >= 0.3 is 0 Å². The van der Waals surface area contributed by atoms with Gasteiger partial charge in [-0.05, 0) is 80.1 Å². The average Bonchev–Trinajstić information content (AvgIpc) is 3.13. The predicted molar refractivity (Wildman–Crippen MR) is 102 cm³/mol. The van der Waals surface area contributed by atoms with Gasteiger partial charge in [-0.3, -0.25) is 4.90 Å². The number of nitrogens with zero attached hydrogens (tertiary/aromatic N) is 2. The van der Waals surface area contributed by atoms with E-state index in [0.717, 1.165) is 53.7 Å². The second-order valence-corrected chi connectivity index (χ2v) is 9.07. The minimum absolute atomic E-state index is 0.682. The lowest BCUT2D eigenvalue weighted by Gasteiger charge is -2.58. The average molecular weight is 360 g/mol. The highest BCUT2D eigenvalue weighted by Gasteiger charge is 2.50. The van der Waals surface area contributed by atoms with Crippen molar-refractivity contribution in [2.45, 2.75) is 44.7 Å². The van der Waals surface area contributed by atoms with Crippen molar-refractivity contribution in [3.63, 3.8) is 0 Å². The summed E-state index contributed by atoms with van der Waals surface area (Å²) >= 11 is 5.60. The van der Waals surface area contributed by atoms with E-state index in [-0.39, 0.29) is 0 Å². The molecule has 0 spiro atoms. The van der Waals surface area contributed by atoms with Crippen LogP contribution in [0.2, 0.25) is 0 Å². The molecule has 0 atom stereocenters. The van der Waals surface area contributed by atoms with E-state index in [9.17, 15) is 0 Å². The van der Waals surface area contributed by atoms with Crippen LogP contribution in [0, 0.1) is 23.7 Å². The fourth-order valence-electron chi connectivity index (χ4n) is 6.40. The van der Waals surface area contributed by atoms with Crippen LogP contribution in [0.15, 0.2) is 22.8 Å². The summed E-state index contributed by atoms with van der Waals surface area (Å²) in [5, 5.41) is 4.22. The molecule has 5 aliphatic rings. The summed E-state index contributed by atoms with van der Waals surface area (Å²) in [6.45, 7) is 5.16. The van der Waals surface area contributed by atoms with E-state index in [1.54, 1.807) is 12.7 Å². The standard InChI is InChI=1S/C20H29N3OS/c25-20(21-13-18-2-1-7-24-18)23-5-3-22(4-6-23)19-16-9-14-8-15(11-16)12-17(19)10-14/h1-2,7,14-17,19H,3-6,8-13H2,(H,21,25). The van der Waals surface area contributed by atoms with Crippen molar-refractivity contribution in [2.75, 3.05) is 26.2 Å². The largest absolute Gasteiger partial charge is 0.467 e. The predicted octanol–water partition coefficient (Wildman–Crippen LogP) is 3.10. The van der Waals surface area contributed by atoms with Gasteiger partial charge in [-0.2, -0.15) is 0 Å². The summed E-state index contributed by atoms with van der Waals surface area (Å²) in [5.41, 5.74) is 0. The van der Waals surface area contributed by atoms with Crippen molar-refractivity contribution in [1.82, 2.24) is 15.1 Å². The van der Waals surface area contributed by atoms with E-state index in [4.69, 9.17) is 16.6 Å². The highest BCUT2D eigenvalue weighted by atomic mass is 32.1. The number of nitrogens with one attached hydrogen (secondary N) is 1. The Morgan fingerprint density at radius 2 is 1.72 bits per heavy atom. The van der Waals surface area contributed by atoms with Crippen molar-refractivity contribution in [1.29, 1.82) is 0 Å². The number of hydrogen-bond donors (Lipinski definition) is 1. The van der Waals surface area contributed by atoms with Gasteiger partial charge in [-0.25, -0.2) is 0 Å². The zero-order valence-electron chi connectivity index (χ0n) is 14.9. The van der Waals surface area contributed by atoms with Crippen molar-refractivity contribution in [3.05, 3.63) is 24.2 Å². The van der Waals surface area contributed by atoms with Crippen molar-refractivity contribution < 1.29 is 4.42 Å². The van der Waals surface area contributed by atoms with Gasteiger partial charge in [-0.15, -0.1) is 0 Å². The van der Waals surface area contributed by atoms with E-state index < -0.39 is 0 Å². The summed E-state index contributed by atoms with van der Waals surface area (Å²) in [6, 6.07) is 4.78. The van der Waals surface area contributed by atoms with Gasteiger partial charge in [0.1, 0.15) is 5.76 Å². The van der Waals surface area contributed by atoms with E-state index in [0.29, 0.717) is 6.54 Å². The summed E-state index contributed by atoms with van der Waals surface area (Å²) in [7, 11) is 0. The smallest absolute Gasteiger partial charge is 0.169 e. The minimum atomic E-state index is 0.682. The quantitative estimate of drug-likeness (QED) is 0.839. The van der Waals surface area contributed by atoms with Crippen LogP contribution in [0.3, 0.4) is 0 Å². The number of rotatable bonds is 3. The fraction of sp³-hybridized carbons (Fsp3) is 0.750. The minimum Gasteiger partial charge on any atom is -0.467 e. The third kappa shape index (κ3) is 3.10. The highest BCUT2D eigenvalue weighted by Crippen LogP contribution is 2.55. The number of furan rings is 1. The summed E-state index contributed by atoms with van der Waals surface area (Å²) in [6.07, 6.45) is 9.32. The first-order valence-electron chi connectivity index (χ1n) is 10.1. The van der Waals surface area contributed by atoms with Crippen LogP contribution in [0.25, 0.3) is 0 Å². The van der Waals surface area contributed by atoms with Gasteiger partial charge in [-0.1, -0.05) is 0 Å². The first-order chi connectivity index (χ1) is 12.3. The number of thiocarbonyl (C=S) groups is 1. The topological polar surface area (TPSA) is 31.7 Å². The molecule has 1 saturated heterocycles. The van der Waals surface area contributed by atoms with Crippen LogP contribution in [0.5, 0.6) is 0 Å². The summed E-state index contributed by atoms with van der Waals surface area (Å²) < 4.78 is 5.37. The Labute approximate surface area is 155 Å². The molecular formula is C20H29N3OS. The van der Waals surface area contributed by atoms with Gasteiger partial charge < -0.3 is 14.6 Å². The molecule has 0 unspecified atom stereocenters. The lowest BCUT2D eigenvalue weighted by molar-refractivity contribution is -0.0727. The van der Waals surface area contributed by atoms with Gasteiger partial charge in [0.05, 0.1) is 12.8 Å². The molecule has 1 aromatic heterocycles. The van der Waals surface area contributed by atoms with Gasteiger partial charge in [0.15, 0.2) is 5.11 Å². The fourth-order valence-corrected chi connectivity index (χ4v) is 6.66. The lowest BCUT2D eigenvalue weighted by atomic mass is 9.54. The second-order valence-electron chi connectivity index (χ2n) is 8.68. The molecule has 4 aliphatic carbocycles. The molecule has 4 nitrogen and oxygen atoms in total. The Balaban J connectivity index is 1.14. The SMILES string of the molecule is S=C(NCc1ccco1)N1CCN(C2C3CC4CC(C3)CC2C4)CC1. The zero-order valence-corrected chi connectivity index (χ0v) is 15.7. The van der Waals surface area contributed by atoms with Crippen LogP contribution < -0.4 is 5.32 Å². The van der Waals surface area contributed by atoms with Crippen molar-refractivity contribution >= 4 is 17.3 Å². The molecular weight excluding hydrogens is 330 g/mol. The third-order valence-electron chi connectivity index (χ3n) is 7.19. The van der Waals surface area contributed by atoms with Crippen LogP contribution in [-0.2, 0) is 6.54 Å². The Hall–Kier alpha value is -1.07. The molecule has 2 heterocycles. The maximum atomic E-state index is 5.60. The molecule has 0 aromatic carbocycles. The summed E-state index contributed by atoms with van der Waals surface area (Å²) in [4.78, 5) is 5.16. The second kappa shape index (κ2) is 6.58. The van der Waals surface area contributed by atoms with Crippen LogP contribution in [0.4, 0.5) is 0 Å². The first-order valence-corrected chi connectivity index (χ1v) is 10.5. The third-order valence-corrected chi connectivity index (χ3v) is 7.60. The lowest BCUT2D eigenvalue weighted by Crippen LogP contribution is -2.61. The van der Waals surface area contributed by atoms with Gasteiger partial charge in [0.2, 0.25) is 0 Å². The molecule has 136 valence electrons. The number of piperazine rings is 1. The maximum Gasteiger partial charge on any atom is 0.169 e. The van der Waals surface area contributed by atoms with Gasteiger partial charge in [0.25, 0.3) is 0 Å². The molecule has 1 N–H and O–H groups in total. The summed E-state index contributed by atoms with van der Waals surface area (Å²) in [5.74, 6) is 5.06. The molecule has 4 bridgehead atoms. The van der Waals surface area contributed by atoms with E-state index in [2.05, 4.69) is 15.1 Å². The highest BCUT2D eigenvalue weighted by molar-refractivity contribution is 7.80. The van der Waals surface area contributed by atoms with Crippen LogP contribution >= 0.6 is 12.2 Å². The molecule has 4 saturated carbocycles. The molecule has 1 aliphatic heterocycles. The van der Waals surface area contributed by atoms with E-state index in [1.165, 1.54) is 38.8 Å². The zero-order chi connectivity index (χ0) is 16.8.